The lowest BCUT2D eigenvalue weighted by atomic mass is 10.1. The van der Waals surface area contributed by atoms with E-state index in [0.29, 0.717) is 5.75 Å². The molecule has 2 aromatic carbocycles. The summed E-state index contributed by atoms with van der Waals surface area (Å²) in [6, 6.07) is 11.2. The monoisotopic (exact) mass is 393 g/mol. The Morgan fingerprint density at radius 3 is 2.48 bits per heavy atom. The molecule has 0 aromatic heterocycles. The van der Waals surface area contributed by atoms with Gasteiger partial charge >= 0.3 is 0 Å². The van der Waals surface area contributed by atoms with E-state index in [1.807, 2.05) is 43.3 Å². The molecular formula is C18H23N3O5S. The van der Waals surface area contributed by atoms with Crippen LogP contribution in [-0.4, -0.2) is 46.0 Å². The number of nitro groups is 1. The number of methoxy groups -OCH3 is 1. The van der Waals surface area contributed by atoms with Crippen LogP contribution in [0.3, 0.4) is 0 Å². The molecule has 0 saturated heterocycles. The second kappa shape index (κ2) is 8.47. The van der Waals surface area contributed by atoms with Crippen molar-refractivity contribution < 1.29 is 18.1 Å². The zero-order valence-corrected chi connectivity index (χ0v) is 16.5. The van der Waals surface area contributed by atoms with Gasteiger partial charge in [0.1, 0.15) is 5.75 Å². The standard InChI is InChI=1S/C18H23N3O5S/c1-13-16(21(22)23)9-6-10-18(13)27(24,25)19-12-17(20(2)3)14-7-5-8-15(11-14)26-4/h5-11,17,19H,12H2,1-4H3. The smallest absolute Gasteiger partial charge is 0.273 e. The zero-order valence-electron chi connectivity index (χ0n) is 15.7. The molecule has 0 aliphatic carbocycles. The predicted octanol–water partition coefficient (Wildman–Crippen LogP) is 2.49. The SMILES string of the molecule is COc1cccc(C(CNS(=O)(=O)c2cccc([N+](=O)[O-])c2C)N(C)C)c1. The first-order valence-electron chi connectivity index (χ1n) is 8.21. The number of hydrogen-bond donors (Lipinski definition) is 1. The largest absolute Gasteiger partial charge is 0.497 e. The van der Waals surface area contributed by atoms with Crippen molar-refractivity contribution in [1.29, 1.82) is 0 Å². The van der Waals surface area contributed by atoms with Crippen LogP contribution in [0.1, 0.15) is 17.2 Å². The molecule has 1 unspecified atom stereocenters. The van der Waals surface area contributed by atoms with Crippen LogP contribution < -0.4 is 9.46 Å². The van der Waals surface area contributed by atoms with E-state index in [9.17, 15) is 18.5 Å². The molecule has 0 spiro atoms. The third-order valence-electron chi connectivity index (χ3n) is 4.31. The number of nitro benzene ring substituents is 1. The van der Waals surface area contributed by atoms with Crippen molar-refractivity contribution in [2.45, 2.75) is 17.9 Å². The summed E-state index contributed by atoms with van der Waals surface area (Å²) >= 11 is 0. The van der Waals surface area contributed by atoms with Gasteiger partial charge in [0.25, 0.3) is 5.69 Å². The summed E-state index contributed by atoms with van der Waals surface area (Å²) in [7, 11) is 1.34. The number of benzene rings is 2. The van der Waals surface area contributed by atoms with E-state index >= 15 is 0 Å². The maximum absolute atomic E-state index is 12.7. The minimum Gasteiger partial charge on any atom is -0.497 e. The van der Waals surface area contributed by atoms with Gasteiger partial charge in [0.15, 0.2) is 0 Å². The molecule has 0 radical (unpaired) electrons. The molecule has 8 nitrogen and oxygen atoms in total. The molecule has 0 aliphatic rings. The Morgan fingerprint density at radius 2 is 1.89 bits per heavy atom. The van der Waals surface area contributed by atoms with Crippen LogP contribution >= 0.6 is 0 Å². The summed E-state index contributed by atoms with van der Waals surface area (Å²) in [6.45, 7) is 1.53. The molecular weight excluding hydrogens is 370 g/mol. The fraction of sp³-hybridized carbons (Fsp3) is 0.333. The fourth-order valence-corrected chi connectivity index (χ4v) is 4.10. The number of hydrogen-bond acceptors (Lipinski definition) is 6. The average Bonchev–Trinajstić information content (AvgIpc) is 2.61. The molecule has 0 heterocycles. The van der Waals surface area contributed by atoms with Crippen molar-refractivity contribution in [3.8, 4) is 5.75 Å². The van der Waals surface area contributed by atoms with E-state index in [-0.39, 0.29) is 28.7 Å². The van der Waals surface area contributed by atoms with Gasteiger partial charge in [-0.3, -0.25) is 10.1 Å². The Balaban J connectivity index is 2.29. The van der Waals surface area contributed by atoms with Crippen LogP contribution in [0.25, 0.3) is 0 Å². The summed E-state index contributed by atoms with van der Waals surface area (Å²) < 4.78 is 33.3. The van der Waals surface area contributed by atoms with Gasteiger partial charge in [0.2, 0.25) is 10.0 Å². The van der Waals surface area contributed by atoms with Crippen molar-refractivity contribution in [3.05, 3.63) is 63.7 Å². The molecule has 27 heavy (non-hydrogen) atoms. The molecule has 2 rings (SSSR count). The van der Waals surface area contributed by atoms with E-state index in [4.69, 9.17) is 4.74 Å². The summed E-state index contributed by atoms with van der Waals surface area (Å²) in [5.74, 6) is 0.678. The summed E-state index contributed by atoms with van der Waals surface area (Å²) in [5.41, 5.74) is 0.769. The minimum absolute atomic E-state index is 0.0974. The van der Waals surface area contributed by atoms with Gasteiger partial charge in [-0.2, -0.15) is 0 Å². The molecule has 1 atom stereocenters. The molecule has 0 amide bonds. The van der Waals surface area contributed by atoms with Crippen LogP contribution in [0.4, 0.5) is 5.69 Å². The predicted molar refractivity (Wildman–Crippen MR) is 102 cm³/mol. The third-order valence-corrected chi connectivity index (χ3v) is 5.88. The lowest BCUT2D eigenvalue weighted by Gasteiger charge is -2.25. The van der Waals surface area contributed by atoms with Crippen molar-refractivity contribution in [2.24, 2.45) is 0 Å². The number of ether oxygens (including phenoxy) is 1. The zero-order chi connectivity index (χ0) is 20.2. The maximum atomic E-state index is 12.7. The van der Waals surface area contributed by atoms with Gasteiger partial charge in [-0.05, 0) is 44.8 Å². The van der Waals surface area contributed by atoms with Crippen molar-refractivity contribution in [2.75, 3.05) is 27.7 Å². The first kappa shape index (κ1) is 20.8. The third kappa shape index (κ3) is 4.82. The molecule has 9 heteroatoms. The molecule has 146 valence electrons. The van der Waals surface area contributed by atoms with Gasteiger partial charge < -0.3 is 9.64 Å². The number of likely N-dealkylation sites (N-methyl/N-ethyl adjacent to an activating group) is 1. The first-order chi connectivity index (χ1) is 12.7. The van der Waals surface area contributed by atoms with E-state index in [1.165, 1.54) is 25.1 Å². The quantitative estimate of drug-likeness (QED) is 0.546. The number of nitrogens with zero attached hydrogens (tertiary/aromatic N) is 2. The van der Waals surface area contributed by atoms with Crippen LogP contribution in [0.5, 0.6) is 5.75 Å². The lowest BCUT2D eigenvalue weighted by Crippen LogP contribution is -2.34. The molecule has 0 saturated carbocycles. The highest BCUT2D eigenvalue weighted by molar-refractivity contribution is 7.89. The summed E-state index contributed by atoms with van der Waals surface area (Å²) in [6.07, 6.45) is 0. The highest BCUT2D eigenvalue weighted by atomic mass is 32.2. The lowest BCUT2D eigenvalue weighted by molar-refractivity contribution is -0.385. The van der Waals surface area contributed by atoms with Crippen LogP contribution in [0.2, 0.25) is 0 Å². The van der Waals surface area contributed by atoms with Crippen molar-refractivity contribution in [3.63, 3.8) is 0 Å². The minimum atomic E-state index is -3.91. The maximum Gasteiger partial charge on any atom is 0.273 e. The van der Waals surface area contributed by atoms with E-state index in [0.717, 1.165) is 5.56 Å². The highest BCUT2D eigenvalue weighted by Crippen LogP contribution is 2.26. The Hall–Kier alpha value is -2.49. The Morgan fingerprint density at radius 1 is 1.22 bits per heavy atom. The Labute approximate surface area is 159 Å². The number of nitrogens with one attached hydrogen (secondary N) is 1. The van der Waals surface area contributed by atoms with Gasteiger partial charge in [-0.15, -0.1) is 0 Å². The molecule has 0 aliphatic heterocycles. The van der Waals surface area contributed by atoms with Gasteiger partial charge in [0.05, 0.1) is 16.9 Å². The van der Waals surface area contributed by atoms with E-state index in [1.54, 1.807) is 7.11 Å². The van der Waals surface area contributed by atoms with E-state index in [2.05, 4.69) is 4.72 Å². The highest BCUT2D eigenvalue weighted by Gasteiger charge is 2.24. The molecule has 0 fully saturated rings. The first-order valence-corrected chi connectivity index (χ1v) is 9.69. The van der Waals surface area contributed by atoms with Crippen LogP contribution in [0, 0.1) is 17.0 Å². The van der Waals surface area contributed by atoms with Crippen LogP contribution in [-0.2, 0) is 10.0 Å². The van der Waals surface area contributed by atoms with Crippen molar-refractivity contribution in [1.82, 2.24) is 9.62 Å². The topological polar surface area (TPSA) is 102 Å². The molecule has 1 N–H and O–H groups in total. The van der Waals surface area contributed by atoms with Gasteiger partial charge in [0, 0.05) is 24.2 Å². The summed E-state index contributed by atoms with van der Waals surface area (Å²) in [4.78, 5) is 12.3. The van der Waals surface area contributed by atoms with E-state index < -0.39 is 14.9 Å². The number of sulfonamides is 1. The second-order valence-electron chi connectivity index (χ2n) is 6.27. The Bertz CT molecular complexity index is 928. The second-order valence-corrected chi connectivity index (χ2v) is 8.00. The Kier molecular flexibility index (Phi) is 6.53. The van der Waals surface area contributed by atoms with Crippen LogP contribution in [0.15, 0.2) is 47.4 Å². The number of rotatable bonds is 8. The normalized spacial score (nSPS) is 12.8. The van der Waals surface area contributed by atoms with Gasteiger partial charge in [-0.1, -0.05) is 18.2 Å². The fourth-order valence-electron chi connectivity index (χ4n) is 2.81. The molecule has 2 aromatic rings. The average molecular weight is 393 g/mol. The molecule has 0 bridgehead atoms. The summed E-state index contributed by atoms with van der Waals surface area (Å²) in [5, 5.41) is 11.1. The van der Waals surface area contributed by atoms with Gasteiger partial charge in [-0.25, -0.2) is 13.1 Å². The van der Waals surface area contributed by atoms with Crippen molar-refractivity contribution >= 4 is 15.7 Å².